The second-order valence-corrected chi connectivity index (χ2v) is 22.5. The highest BCUT2D eigenvalue weighted by Gasteiger charge is 2.55. The highest BCUT2D eigenvalue weighted by molar-refractivity contribution is 7.00. The number of rotatable bonds is 10. The minimum atomic E-state index is -2.80. The predicted octanol–water partition coefficient (Wildman–Crippen LogP) is 6.85. The Morgan fingerprint density at radius 3 is 1.34 bits per heavy atom. The van der Waals surface area contributed by atoms with Crippen LogP contribution in [0.1, 0.15) is 48.0 Å². The van der Waals surface area contributed by atoms with Crippen molar-refractivity contribution in [1.82, 2.24) is 0 Å². The van der Waals surface area contributed by atoms with Gasteiger partial charge in [0.2, 0.25) is 0 Å². The van der Waals surface area contributed by atoms with E-state index < -0.39 is 16.6 Å². The van der Waals surface area contributed by atoms with Crippen LogP contribution in [0.15, 0.2) is 134 Å². The molecule has 1 saturated heterocycles. The maximum Gasteiger partial charge on any atom is 0.261 e. The first-order valence-electron chi connectivity index (χ1n) is 15.8. The van der Waals surface area contributed by atoms with Gasteiger partial charge >= 0.3 is 0 Å². The molecule has 3 atom stereocenters. The van der Waals surface area contributed by atoms with Gasteiger partial charge in [-0.3, -0.25) is 0 Å². The van der Waals surface area contributed by atoms with Gasteiger partial charge < -0.3 is 13.6 Å². The standard InChI is InChI=1S/C39H48O3Si2/c1-8-31-29-36(42-44(39(5,6)7,34-25-17-11-18-26-34)35-27-19-12-20-28-35)37(41-31)30-40-43(38(2,3)4,32-21-13-9-14-22-32)33-23-15-10-16-24-33/h8-28,31,36-37H,1,29-30H2,2-7H3/t31-,36+,37-/m1/s1. The smallest absolute Gasteiger partial charge is 0.261 e. The molecule has 1 heterocycles. The molecule has 4 aromatic rings. The third kappa shape index (κ3) is 6.09. The third-order valence-electron chi connectivity index (χ3n) is 9.12. The van der Waals surface area contributed by atoms with E-state index >= 15 is 0 Å². The third-order valence-corrected chi connectivity index (χ3v) is 19.2. The molecule has 1 fully saturated rings. The fourth-order valence-corrected chi connectivity index (χ4v) is 16.3. The van der Waals surface area contributed by atoms with Crippen molar-refractivity contribution in [3.05, 3.63) is 134 Å². The first-order chi connectivity index (χ1) is 21.0. The summed E-state index contributed by atoms with van der Waals surface area (Å²) in [6.07, 6.45) is 2.20. The van der Waals surface area contributed by atoms with Crippen molar-refractivity contribution in [2.45, 2.75) is 76.4 Å². The monoisotopic (exact) mass is 620 g/mol. The SMILES string of the molecule is C=C[C@@H]1C[C@H](O[Si](c2ccccc2)(c2ccccc2)C(C)(C)C)[C@@H](CO[Si](c2ccccc2)(c2ccccc2)C(C)(C)C)O1. The molecule has 230 valence electrons. The van der Waals surface area contributed by atoms with Crippen molar-refractivity contribution in [2.75, 3.05) is 6.61 Å². The van der Waals surface area contributed by atoms with Gasteiger partial charge in [-0.1, -0.05) is 169 Å². The van der Waals surface area contributed by atoms with Crippen LogP contribution in [0, 0.1) is 0 Å². The summed E-state index contributed by atoms with van der Waals surface area (Å²) in [6.45, 7) is 18.5. The van der Waals surface area contributed by atoms with Gasteiger partial charge in [0.25, 0.3) is 16.6 Å². The number of benzene rings is 4. The molecule has 1 aliphatic rings. The summed E-state index contributed by atoms with van der Waals surface area (Å²) in [5.74, 6) is 0. The van der Waals surface area contributed by atoms with E-state index in [4.69, 9.17) is 13.6 Å². The quantitative estimate of drug-likeness (QED) is 0.143. The summed E-state index contributed by atoms with van der Waals surface area (Å²) >= 11 is 0. The molecular weight excluding hydrogens is 573 g/mol. The van der Waals surface area contributed by atoms with Crippen molar-refractivity contribution >= 4 is 37.4 Å². The van der Waals surface area contributed by atoms with Crippen LogP contribution in [0.25, 0.3) is 0 Å². The van der Waals surface area contributed by atoms with Crippen molar-refractivity contribution in [3.63, 3.8) is 0 Å². The molecule has 0 saturated carbocycles. The summed E-state index contributed by atoms with van der Waals surface area (Å²) in [5, 5.41) is 4.81. The zero-order chi connectivity index (χ0) is 31.4. The molecule has 0 N–H and O–H groups in total. The van der Waals surface area contributed by atoms with Gasteiger partial charge in [0, 0.05) is 6.42 Å². The lowest BCUT2D eigenvalue weighted by molar-refractivity contribution is -0.00184. The first kappa shape index (κ1) is 32.3. The van der Waals surface area contributed by atoms with Crippen LogP contribution in [0.3, 0.4) is 0 Å². The maximum atomic E-state index is 7.64. The average Bonchev–Trinajstić information content (AvgIpc) is 3.42. The molecule has 1 aliphatic heterocycles. The zero-order valence-corrected chi connectivity index (χ0v) is 29.2. The van der Waals surface area contributed by atoms with E-state index in [9.17, 15) is 0 Å². The topological polar surface area (TPSA) is 27.7 Å². The molecule has 0 spiro atoms. The lowest BCUT2D eigenvalue weighted by atomic mass is 10.1. The molecule has 0 radical (unpaired) electrons. The molecule has 4 aromatic carbocycles. The van der Waals surface area contributed by atoms with E-state index in [2.05, 4.69) is 169 Å². The molecular formula is C39H48O3Si2. The van der Waals surface area contributed by atoms with Crippen molar-refractivity contribution in [1.29, 1.82) is 0 Å². The van der Waals surface area contributed by atoms with Crippen molar-refractivity contribution < 1.29 is 13.6 Å². The second-order valence-electron chi connectivity index (χ2n) is 14.0. The molecule has 0 aromatic heterocycles. The van der Waals surface area contributed by atoms with Crippen molar-refractivity contribution in [2.24, 2.45) is 0 Å². The Hall–Kier alpha value is -3.07. The van der Waals surface area contributed by atoms with Crippen LogP contribution in [-0.2, 0) is 13.6 Å². The van der Waals surface area contributed by atoms with E-state index in [1.165, 1.54) is 20.7 Å². The summed E-state index contributed by atoms with van der Waals surface area (Å²) in [6, 6.07) is 43.3. The Bertz CT molecular complexity index is 1400. The predicted molar refractivity (Wildman–Crippen MR) is 190 cm³/mol. The first-order valence-corrected chi connectivity index (χ1v) is 19.7. The van der Waals surface area contributed by atoms with E-state index in [-0.39, 0.29) is 28.4 Å². The van der Waals surface area contributed by atoms with Gasteiger partial charge in [-0.2, -0.15) is 0 Å². The lowest BCUT2D eigenvalue weighted by Gasteiger charge is -2.46. The van der Waals surface area contributed by atoms with Gasteiger partial charge in [0.1, 0.15) is 6.10 Å². The molecule has 0 unspecified atom stereocenters. The van der Waals surface area contributed by atoms with Crippen LogP contribution < -0.4 is 20.7 Å². The Morgan fingerprint density at radius 2 is 1.00 bits per heavy atom. The lowest BCUT2D eigenvalue weighted by Crippen LogP contribution is -2.69. The molecule has 0 amide bonds. The second kappa shape index (κ2) is 13.1. The summed E-state index contributed by atoms with van der Waals surface area (Å²) in [7, 11) is -5.55. The fraction of sp³-hybridized carbons (Fsp3) is 0.333. The van der Waals surface area contributed by atoms with Crippen LogP contribution in [0.4, 0.5) is 0 Å². The van der Waals surface area contributed by atoms with Crippen LogP contribution in [0.2, 0.25) is 10.1 Å². The molecule has 44 heavy (non-hydrogen) atoms. The summed E-state index contributed by atoms with van der Waals surface area (Å²) in [4.78, 5) is 0. The molecule has 3 nitrogen and oxygen atoms in total. The number of hydrogen-bond donors (Lipinski definition) is 0. The van der Waals surface area contributed by atoms with Gasteiger partial charge in [0.05, 0.1) is 18.8 Å². The highest BCUT2D eigenvalue weighted by Crippen LogP contribution is 2.41. The van der Waals surface area contributed by atoms with E-state index in [1.807, 2.05) is 6.08 Å². The Balaban J connectivity index is 1.58. The van der Waals surface area contributed by atoms with Crippen LogP contribution in [0.5, 0.6) is 0 Å². The molecule has 5 rings (SSSR count). The van der Waals surface area contributed by atoms with Crippen LogP contribution >= 0.6 is 0 Å². The maximum absolute atomic E-state index is 7.64. The minimum absolute atomic E-state index is 0.0917. The Morgan fingerprint density at radius 1 is 0.636 bits per heavy atom. The van der Waals surface area contributed by atoms with Gasteiger partial charge in [-0.25, -0.2) is 0 Å². The highest BCUT2D eigenvalue weighted by atomic mass is 28.4. The van der Waals surface area contributed by atoms with E-state index in [0.717, 1.165) is 6.42 Å². The van der Waals surface area contributed by atoms with Gasteiger partial charge in [-0.15, -0.1) is 6.58 Å². The molecule has 5 heteroatoms. The number of ether oxygens (including phenoxy) is 1. The number of hydrogen-bond acceptors (Lipinski definition) is 3. The Labute approximate surface area is 267 Å². The largest absolute Gasteiger partial charge is 0.405 e. The normalized spacial score (nSPS) is 19.5. The fourth-order valence-electron chi connectivity index (χ4n) is 7.06. The van der Waals surface area contributed by atoms with E-state index in [1.54, 1.807) is 0 Å². The van der Waals surface area contributed by atoms with Gasteiger partial charge in [-0.05, 0) is 30.8 Å². The average molecular weight is 621 g/mol. The summed E-state index contributed by atoms with van der Waals surface area (Å²) < 4.78 is 21.8. The molecule has 0 aliphatic carbocycles. The Kier molecular flexibility index (Phi) is 9.64. The minimum Gasteiger partial charge on any atom is -0.405 e. The van der Waals surface area contributed by atoms with Crippen molar-refractivity contribution in [3.8, 4) is 0 Å². The molecule has 0 bridgehead atoms. The van der Waals surface area contributed by atoms with Crippen LogP contribution in [-0.4, -0.2) is 41.6 Å². The van der Waals surface area contributed by atoms with Gasteiger partial charge in [0.15, 0.2) is 0 Å². The summed E-state index contributed by atoms with van der Waals surface area (Å²) in [5.41, 5.74) is 0. The zero-order valence-electron chi connectivity index (χ0n) is 27.2. The van der Waals surface area contributed by atoms with E-state index in [0.29, 0.717) is 6.61 Å².